The summed E-state index contributed by atoms with van der Waals surface area (Å²) in [5.41, 5.74) is 1.93. The molecule has 2 aromatic rings. The van der Waals surface area contributed by atoms with Gasteiger partial charge in [0.15, 0.2) is 0 Å². The van der Waals surface area contributed by atoms with Crippen molar-refractivity contribution in [3.05, 3.63) is 65.2 Å². The van der Waals surface area contributed by atoms with Crippen molar-refractivity contribution < 1.29 is 4.79 Å². The van der Waals surface area contributed by atoms with Gasteiger partial charge < -0.3 is 10.2 Å². The number of benzene rings is 2. The number of amides is 2. The van der Waals surface area contributed by atoms with Crippen molar-refractivity contribution in [1.82, 2.24) is 4.90 Å². The zero-order valence-electron chi connectivity index (χ0n) is 10.2. The zero-order chi connectivity index (χ0) is 13.2. The van der Waals surface area contributed by atoms with Crippen molar-refractivity contribution >= 4 is 23.3 Å². The van der Waals surface area contributed by atoms with Gasteiger partial charge in [-0.05, 0) is 29.8 Å². The first-order valence-electron chi connectivity index (χ1n) is 6.12. The predicted octanol–water partition coefficient (Wildman–Crippen LogP) is 3.93. The van der Waals surface area contributed by atoms with Crippen molar-refractivity contribution in [2.75, 3.05) is 11.9 Å². The van der Waals surface area contributed by atoms with Gasteiger partial charge in [0.1, 0.15) is 0 Å². The Hall–Kier alpha value is -2.00. The molecule has 3 rings (SSSR count). The second kappa shape index (κ2) is 4.94. The molecule has 0 radical (unpaired) electrons. The molecule has 0 aliphatic carbocycles. The number of nitrogens with one attached hydrogen (secondary N) is 1. The van der Waals surface area contributed by atoms with Crippen molar-refractivity contribution in [2.45, 2.75) is 6.04 Å². The molecule has 2 amide bonds. The van der Waals surface area contributed by atoms with Gasteiger partial charge in [0.2, 0.25) is 0 Å². The highest BCUT2D eigenvalue weighted by Gasteiger charge is 2.39. The number of para-hydroxylation sites is 1. The number of carbonyl (C=O) groups is 1. The molecule has 0 bridgehead atoms. The van der Waals surface area contributed by atoms with Crippen LogP contribution in [0.5, 0.6) is 0 Å². The minimum absolute atomic E-state index is 0.0637. The Morgan fingerprint density at radius 2 is 1.79 bits per heavy atom. The number of urea groups is 1. The molecule has 1 fully saturated rings. The summed E-state index contributed by atoms with van der Waals surface area (Å²) in [5.74, 6) is 0. The zero-order valence-corrected chi connectivity index (χ0v) is 11.0. The van der Waals surface area contributed by atoms with E-state index in [4.69, 9.17) is 11.6 Å². The van der Waals surface area contributed by atoms with E-state index in [1.54, 1.807) is 4.90 Å². The summed E-state index contributed by atoms with van der Waals surface area (Å²) in [5, 5.41) is 3.59. The van der Waals surface area contributed by atoms with Gasteiger partial charge >= 0.3 is 6.03 Å². The summed E-state index contributed by atoms with van der Waals surface area (Å²) < 4.78 is 0. The summed E-state index contributed by atoms with van der Waals surface area (Å²) in [4.78, 5) is 13.8. The lowest BCUT2D eigenvalue weighted by Crippen LogP contribution is -2.19. The molecule has 1 saturated heterocycles. The molecule has 19 heavy (non-hydrogen) atoms. The highest BCUT2D eigenvalue weighted by molar-refractivity contribution is 6.30. The van der Waals surface area contributed by atoms with Crippen molar-refractivity contribution in [1.29, 1.82) is 0 Å². The highest BCUT2D eigenvalue weighted by atomic mass is 35.5. The Kier molecular flexibility index (Phi) is 3.13. The smallest absolute Gasteiger partial charge is 0.313 e. The second-order valence-corrected chi connectivity index (χ2v) is 4.95. The molecular weight excluding hydrogens is 260 g/mol. The largest absolute Gasteiger partial charge is 0.322 e. The van der Waals surface area contributed by atoms with Gasteiger partial charge in [0.05, 0.1) is 6.04 Å². The number of hydrogen-bond acceptors (Lipinski definition) is 1. The Balaban J connectivity index is 1.63. The summed E-state index contributed by atoms with van der Waals surface area (Å²) in [6.07, 6.45) is 0. The monoisotopic (exact) mass is 272 g/mol. The molecule has 96 valence electrons. The summed E-state index contributed by atoms with van der Waals surface area (Å²) in [7, 11) is 0. The van der Waals surface area contributed by atoms with Crippen molar-refractivity contribution in [3.8, 4) is 0 Å². The standard InChI is InChI=1S/C15H13ClN2O/c16-12-8-6-11(7-9-12)14-10-18(14)15(19)17-13-4-2-1-3-5-13/h1-9,14H,10H2,(H,17,19). The average Bonchev–Trinajstić information content (AvgIpc) is 3.21. The SMILES string of the molecule is O=C(Nc1ccccc1)N1CC1c1ccc(Cl)cc1. The molecule has 4 heteroatoms. The maximum absolute atomic E-state index is 12.0. The first-order chi connectivity index (χ1) is 9.24. The van der Waals surface area contributed by atoms with Gasteiger partial charge in [-0.25, -0.2) is 4.79 Å². The van der Waals surface area contributed by atoms with Crippen LogP contribution in [0.25, 0.3) is 0 Å². The van der Waals surface area contributed by atoms with E-state index in [0.717, 1.165) is 17.8 Å². The fourth-order valence-electron chi connectivity index (χ4n) is 2.05. The van der Waals surface area contributed by atoms with Crippen LogP contribution in [0.3, 0.4) is 0 Å². The lowest BCUT2D eigenvalue weighted by Gasteiger charge is -2.07. The summed E-state index contributed by atoms with van der Waals surface area (Å²) in [6, 6.07) is 17.2. The number of carbonyl (C=O) groups excluding carboxylic acids is 1. The van der Waals surface area contributed by atoms with E-state index in [9.17, 15) is 4.79 Å². The normalized spacial score (nSPS) is 17.1. The second-order valence-electron chi connectivity index (χ2n) is 4.52. The molecule has 0 spiro atoms. The maximum atomic E-state index is 12.0. The van der Waals surface area contributed by atoms with Crippen LogP contribution in [0.1, 0.15) is 11.6 Å². The number of rotatable bonds is 2. The molecule has 3 nitrogen and oxygen atoms in total. The number of hydrogen-bond donors (Lipinski definition) is 1. The van der Waals surface area contributed by atoms with Crippen LogP contribution >= 0.6 is 11.6 Å². The van der Waals surface area contributed by atoms with Crippen LogP contribution < -0.4 is 5.32 Å². The number of anilines is 1. The van der Waals surface area contributed by atoms with Crippen LogP contribution in [-0.2, 0) is 0 Å². The van der Waals surface area contributed by atoms with Gasteiger partial charge in [-0.2, -0.15) is 0 Å². The average molecular weight is 273 g/mol. The summed E-state index contributed by atoms with van der Waals surface area (Å²) >= 11 is 5.85. The number of nitrogens with zero attached hydrogens (tertiary/aromatic N) is 1. The maximum Gasteiger partial charge on any atom is 0.322 e. The Labute approximate surface area is 116 Å². The molecule has 1 aliphatic heterocycles. The molecule has 1 N–H and O–H groups in total. The lowest BCUT2D eigenvalue weighted by atomic mass is 10.2. The van der Waals surface area contributed by atoms with E-state index in [0.29, 0.717) is 5.02 Å². The van der Waals surface area contributed by atoms with E-state index in [1.165, 1.54) is 0 Å². The molecule has 1 unspecified atom stereocenters. The molecule has 0 saturated carbocycles. The first-order valence-corrected chi connectivity index (χ1v) is 6.50. The molecule has 2 aromatic carbocycles. The molecular formula is C15H13ClN2O. The van der Waals surface area contributed by atoms with Gasteiger partial charge in [-0.3, -0.25) is 0 Å². The molecule has 1 heterocycles. The van der Waals surface area contributed by atoms with Gasteiger partial charge in [-0.15, -0.1) is 0 Å². The third kappa shape index (κ3) is 2.71. The van der Waals surface area contributed by atoms with E-state index >= 15 is 0 Å². The Bertz CT molecular complexity index is 583. The van der Waals surface area contributed by atoms with E-state index in [-0.39, 0.29) is 12.1 Å². The summed E-state index contributed by atoms with van der Waals surface area (Å²) in [6.45, 7) is 0.750. The van der Waals surface area contributed by atoms with Crippen LogP contribution in [-0.4, -0.2) is 17.5 Å². The first kappa shape index (κ1) is 12.1. The predicted molar refractivity (Wildman–Crippen MR) is 76.4 cm³/mol. The third-order valence-electron chi connectivity index (χ3n) is 3.15. The van der Waals surface area contributed by atoms with Crippen LogP contribution in [0, 0.1) is 0 Å². The van der Waals surface area contributed by atoms with E-state index < -0.39 is 0 Å². The molecule has 1 aliphatic rings. The molecule has 1 atom stereocenters. The molecule has 0 aromatic heterocycles. The fourth-order valence-corrected chi connectivity index (χ4v) is 2.18. The van der Waals surface area contributed by atoms with Crippen molar-refractivity contribution in [3.63, 3.8) is 0 Å². The Morgan fingerprint density at radius 3 is 2.47 bits per heavy atom. The topological polar surface area (TPSA) is 32.1 Å². The van der Waals surface area contributed by atoms with Gasteiger partial charge in [0.25, 0.3) is 0 Å². The third-order valence-corrected chi connectivity index (χ3v) is 3.40. The van der Waals surface area contributed by atoms with Crippen LogP contribution in [0.4, 0.5) is 10.5 Å². The van der Waals surface area contributed by atoms with E-state index in [2.05, 4.69) is 5.32 Å². The Morgan fingerprint density at radius 1 is 1.11 bits per heavy atom. The highest BCUT2D eigenvalue weighted by Crippen LogP contribution is 2.35. The van der Waals surface area contributed by atoms with E-state index in [1.807, 2.05) is 54.6 Å². The lowest BCUT2D eigenvalue weighted by molar-refractivity contribution is 0.239. The minimum atomic E-state index is -0.0637. The van der Waals surface area contributed by atoms with Crippen LogP contribution in [0.15, 0.2) is 54.6 Å². The van der Waals surface area contributed by atoms with Gasteiger partial charge in [0, 0.05) is 17.3 Å². The quantitative estimate of drug-likeness (QED) is 0.826. The number of halogens is 1. The van der Waals surface area contributed by atoms with Gasteiger partial charge in [-0.1, -0.05) is 41.9 Å². The van der Waals surface area contributed by atoms with Crippen LogP contribution in [0.2, 0.25) is 5.02 Å². The minimum Gasteiger partial charge on any atom is -0.313 e. The fraction of sp³-hybridized carbons (Fsp3) is 0.133. The van der Waals surface area contributed by atoms with Crippen molar-refractivity contribution in [2.24, 2.45) is 0 Å².